The number of nitrogens with one attached hydrogen (secondary N) is 1. The summed E-state index contributed by atoms with van der Waals surface area (Å²) in [6.45, 7) is 6.87. The van der Waals surface area contributed by atoms with Crippen molar-refractivity contribution >= 4 is 12.4 Å². The van der Waals surface area contributed by atoms with Crippen molar-refractivity contribution in [1.82, 2.24) is 15.2 Å². The molecule has 1 aromatic heterocycles. The lowest BCUT2D eigenvalue weighted by Gasteiger charge is -2.26. The summed E-state index contributed by atoms with van der Waals surface area (Å²) in [5.41, 5.74) is 3.42. The Bertz CT molecular complexity index is 630. The van der Waals surface area contributed by atoms with E-state index in [2.05, 4.69) is 21.3 Å². The third kappa shape index (κ3) is 5.26. The molecule has 0 bridgehead atoms. The molecule has 2 aromatic rings. The Morgan fingerprint density at radius 2 is 2.17 bits per heavy atom. The van der Waals surface area contributed by atoms with E-state index >= 15 is 0 Å². The van der Waals surface area contributed by atoms with Gasteiger partial charge in [0.15, 0.2) is 0 Å². The molecule has 130 valence electrons. The van der Waals surface area contributed by atoms with Crippen LogP contribution in [0.1, 0.15) is 23.1 Å². The summed E-state index contributed by atoms with van der Waals surface area (Å²) in [6.07, 6.45) is 4.93. The van der Waals surface area contributed by atoms with Gasteiger partial charge in [-0.25, -0.2) is 4.39 Å². The van der Waals surface area contributed by atoms with Gasteiger partial charge in [-0.05, 0) is 67.2 Å². The minimum absolute atomic E-state index is 0. The molecule has 0 spiro atoms. The number of pyridine rings is 1. The number of halogens is 2. The molecule has 1 fully saturated rings. The smallest absolute Gasteiger partial charge is 0.123 e. The summed E-state index contributed by atoms with van der Waals surface area (Å²) in [5.74, 6) is 0.509. The van der Waals surface area contributed by atoms with Gasteiger partial charge in [-0.3, -0.25) is 9.88 Å². The molecular formula is C19H25ClFN3. The van der Waals surface area contributed by atoms with Crippen LogP contribution in [0.5, 0.6) is 0 Å². The summed E-state index contributed by atoms with van der Waals surface area (Å²) in [4.78, 5) is 6.62. The average Bonchev–Trinajstić information content (AvgIpc) is 3.05. The standard InChI is InChI=1S/C19H24FN3.ClH/c1-15-4-5-19(20)9-18(15)14-23(13-17-6-8-22-11-17)12-16-3-2-7-21-10-16;/h2-5,7,9-10,17,22H,6,8,11-14H2,1H3;1H. The highest BCUT2D eigenvalue weighted by Gasteiger charge is 2.19. The van der Waals surface area contributed by atoms with Crippen LogP contribution in [0, 0.1) is 18.7 Å². The first-order chi connectivity index (χ1) is 11.2. The van der Waals surface area contributed by atoms with Gasteiger partial charge >= 0.3 is 0 Å². The zero-order valence-corrected chi connectivity index (χ0v) is 14.9. The Balaban J connectivity index is 0.00000208. The van der Waals surface area contributed by atoms with Gasteiger partial charge in [0.25, 0.3) is 0 Å². The van der Waals surface area contributed by atoms with Gasteiger partial charge in [0.2, 0.25) is 0 Å². The maximum atomic E-state index is 13.6. The second-order valence-electron chi connectivity index (χ2n) is 6.46. The van der Waals surface area contributed by atoms with E-state index in [1.807, 2.05) is 25.3 Å². The summed E-state index contributed by atoms with van der Waals surface area (Å²) >= 11 is 0. The van der Waals surface area contributed by atoms with Crippen molar-refractivity contribution in [1.29, 1.82) is 0 Å². The van der Waals surface area contributed by atoms with Crippen molar-refractivity contribution in [3.8, 4) is 0 Å². The molecule has 1 unspecified atom stereocenters. The molecule has 3 rings (SSSR count). The van der Waals surface area contributed by atoms with E-state index in [1.54, 1.807) is 12.3 Å². The lowest BCUT2D eigenvalue weighted by Crippen LogP contribution is -2.30. The predicted octanol–water partition coefficient (Wildman–Crippen LogP) is 3.56. The normalized spacial score (nSPS) is 17.0. The van der Waals surface area contributed by atoms with Crippen molar-refractivity contribution in [2.75, 3.05) is 19.6 Å². The van der Waals surface area contributed by atoms with Crippen LogP contribution in [0.4, 0.5) is 4.39 Å². The number of benzene rings is 1. The fraction of sp³-hybridized carbons (Fsp3) is 0.421. The Kier molecular flexibility index (Phi) is 7.16. The lowest BCUT2D eigenvalue weighted by molar-refractivity contribution is 0.220. The van der Waals surface area contributed by atoms with Crippen LogP contribution in [-0.2, 0) is 13.1 Å². The minimum atomic E-state index is -0.158. The van der Waals surface area contributed by atoms with Crippen molar-refractivity contribution in [2.24, 2.45) is 5.92 Å². The highest BCUT2D eigenvalue weighted by Crippen LogP contribution is 2.18. The van der Waals surface area contributed by atoms with Crippen LogP contribution < -0.4 is 5.32 Å². The molecule has 1 aromatic carbocycles. The molecule has 1 aliphatic heterocycles. The first-order valence-corrected chi connectivity index (χ1v) is 8.28. The van der Waals surface area contributed by atoms with E-state index in [-0.39, 0.29) is 18.2 Å². The first kappa shape index (κ1) is 18.8. The Hall–Kier alpha value is -1.49. The van der Waals surface area contributed by atoms with E-state index in [0.29, 0.717) is 5.92 Å². The summed E-state index contributed by atoms with van der Waals surface area (Å²) in [5, 5.41) is 3.43. The fourth-order valence-corrected chi connectivity index (χ4v) is 3.22. The molecule has 2 heterocycles. The molecule has 1 atom stereocenters. The van der Waals surface area contributed by atoms with Crippen LogP contribution in [-0.4, -0.2) is 29.5 Å². The molecule has 0 aliphatic carbocycles. The monoisotopic (exact) mass is 349 g/mol. The van der Waals surface area contributed by atoms with Gasteiger partial charge in [-0.1, -0.05) is 12.1 Å². The van der Waals surface area contributed by atoms with Gasteiger partial charge in [0, 0.05) is 32.0 Å². The number of hydrogen-bond acceptors (Lipinski definition) is 3. The number of rotatable bonds is 6. The quantitative estimate of drug-likeness (QED) is 0.864. The SMILES string of the molecule is Cc1ccc(F)cc1CN(Cc1cccnc1)CC1CCNC1.Cl. The lowest BCUT2D eigenvalue weighted by atomic mass is 10.0. The minimum Gasteiger partial charge on any atom is -0.316 e. The van der Waals surface area contributed by atoms with Crippen LogP contribution in [0.15, 0.2) is 42.7 Å². The Labute approximate surface area is 149 Å². The summed E-state index contributed by atoms with van der Waals surface area (Å²) in [6, 6.07) is 9.14. The zero-order valence-electron chi connectivity index (χ0n) is 14.0. The average molecular weight is 350 g/mol. The Morgan fingerprint density at radius 1 is 1.29 bits per heavy atom. The molecule has 0 saturated carbocycles. The molecule has 0 amide bonds. The van der Waals surface area contributed by atoms with E-state index < -0.39 is 0 Å². The molecule has 1 aliphatic rings. The van der Waals surface area contributed by atoms with E-state index in [4.69, 9.17) is 0 Å². The zero-order chi connectivity index (χ0) is 16.1. The molecule has 1 saturated heterocycles. The molecule has 5 heteroatoms. The van der Waals surface area contributed by atoms with Crippen LogP contribution in [0.25, 0.3) is 0 Å². The second-order valence-corrected chi connectivity index (χ2v) is 6.46. The summed E-state index contributed by atoms with van der Waals surface area (Å²) < 4.78 is 13.6. The summed E-state index contributed by atoms with van der Waals surface area (Å²) in [7, 11) is 0. The van der Waals surface area contributed by atoms with Gasteiger partial charge in [0.05, 0.1) is 0 Å². The Morgan fingerprint density at radius 3 is 2.88 bits per heavy atom. The molecule has 24 heavy (non-hydrogen) atoms. The second kappa shape index (κ2) is 9.11. The van der Waals surface area contributed by atoms with E-state index in [9.17, 15) is 4.39 Å². The van der Waals surface area contributed by atoms with Crippen molar-refractivity contribution in [3.05, 3.63) is 65.2 Å². The van der Waals surface area contributed by atoms with Gasteiger partial charge < -0.3 is 5.32 Å². The maximum Gasteiger partial charge on any atom is 0.123 e. The van der Waals surface area contributed by atoms with Gasteiger partial charge in [0.1, 0.15) is 5.82 Å². The van der Waals surface area contributed by atoms with Crippen LogP contribution >= 0.6 is 12.4 Å². The topological polar surface area (TPSA) is 28.2 Å². The van der Waals surface area contributed by atoms with Crippen molar-refractivity contribution in [3.63, 3.8) is 0 Å². The maximum absolute atomic E-state index is 13.6. The number of nitrogens with zero attached hydrogens (tertiary/aromatic N) is 2. The number of aromatic nitrogens is 1. The highest BCUT2D eigenvalue weighted by atomic mass is 35.5. The molecule has 0 radical (unpaired) electrons. The third-order valence-electron chi connectivity index (χ3n) is 4.51. The fourth-order valence-electron chi connectivity index (χ4n) is 3.22. The van der Waals surface area contributed by atoms with Gasteiger partial charge in [-0.2, -0.15) is 0 Å². The third-order valence-corrected chi connectivity index (χ3v) is 4.51. The molecule has 1 N–H and O–H groups in total. The van der Waals surface area contributed by atoms with Crippen molar-refractivity contribution < 1.29 is 4.39 Å². The van der Waals surface area contributed by atoms with E-state index in [1.165, 1.54) is 18.1 Å². The molecule has 3 nitrogen and oxygen atoms in total. The highest BCUT2D eigenvalue weighted by molar-refractivity contribution is 5.85. The number of aryl methyl sites for hydroxylation is 1. The van der Waals surface area contributed by atoms with E-state index in [0.717, 1.165) is 43.9 Å². The van der Waals surface area contributed by atoms with Crippen molar-refractivity contribution in [2.45, 2.75) is 26.4 Å². The van der Waals surface area contributed by atoms with Crippen LogP contribution in [0.2, 0.25) is 0 Å². The first-order valence-electron chi connectivity index (χ1n) is 8.28. The molecular weight excluding hydrogens is 325 g/mol. The van der Waals surface area contributed by atoms with Gasteiger partial charge in [-0.15, -0.1) is 12.4 Å². The largest absolute Gasteiger partial charge is 0.316 e. The number of hydrogen-bond donors (Lipinski definition) is 1. The predicted molar refractivity (Wildman–Crippen MR) is 97.7 cm³/mol. The van der Waals surface area contributed by atoms with Crippen LogP contribution in [0.3, 0.4) is 0 Å².